The molecule has 0 bridgehead atoms. The molecule has 1 atom stereocenters. The van der Waals surface area contributed by atoms with Gasteiger partial charge in [0.25, 0.3) is 5.91 Å². The third-order valence-electron chi connectivity index (χ3n) is 3.22. The number of halogens is 1. The van der Waals surface area contributed by atoms with Crippen molar-refractivity contribution in [3.8, 4) is 5.75 Å². The Balaban J connectivity index is 2.02. The monoisotopic (exact) mass is 347 g/mol. The highest BCUT2D eigenvalue weighted by Crippen LogP contribution is 2.36. The van der Waals surface area contributed by atoms with Gasteiger partial charge in [0.1, 0.15) is 23.4 Å². The van der Waals surface area contributed by atoms with Gasteiger partial charge < -0.3 is 4.74 Å². The van der Waals surface area contributed by atoms with Crippen molar-refractivity contribution in [1.29, 1.82) is 0 Å². The second kappa shape index (κ2) is 5.44. The Kier molecular flexibility index (Phi) is 3.63. The van der Waals surface area contributed by atoms with Crippen LogP contribution in [-0.4, -0.2) is 28.5 Å². The SMILES string of the molecule is Cc1nccc(C(=O)N2CC(C)Oc3ccc(Br)cc32)n1. The van der Waals surface area contributed by atoms with Crippen LogP contribution >= 0.6 is 15.9 Å². The zero-order valence-corrected chi connectivity index (χ0v) is 13.3. The molecule has 108 valence electrons. The molecule has 1 aromatic carbocycles. The van der Waals surface area contributed by atoms with E-state index in [1.807, 2.05) is 25.1 Å². The highest BCUT2D eigenvalue weighted by molar-refractivity contribution is 9.10. The van der Waals surface area contributed by atoms with Crippen molar-refractivity contribution >= 4 is 27.5 Å². The minimum atomic E-state index is -0.144. The quantitative estimate of drug-likeness (QED) is 0.795. The number of aromatic nitrogens is 2. The summed E-state index contributed by atoms with van der Waals surface area (Å²) in [5, 5.41) is 0. The van der Waals surface area contributed by atoms with Crippen molar-refractivity contribution in [2.45, 2.75) is 20.0 Å². The summed E-state index contributed by atoms with van der Waals surface area (Å²) < 4.78 is 6.68. The summed E-state index contributed by atoms with van der Waals surface area (Å²) in [5.41, 5.74) is 1.14. The van der Waals surface area contributed by atoms with E-state index in [1.165, 1.54) is 0 Å². The lowest BCUT2D eigenvalue weighted by Gasteiger charge is -2.33. The number of nitrogens with zero attached hydrogens (tertiary/aromatic N) is 3. The smallest absolute Gasteiger partial charge is 0.277 e. The van der Waals surface area contributed by atoms with Gasteiger partial charge in [-0.15, -0.1) is 0 Å². The molecule has 1 aromatic heterocycles. The molecule has 0 saturated heterocycles. The highest BCUT2D eigenvalue weighted by atomic mass is 79.9. The number of carbonyl (C=O) groups is 1. The number of benzene rings is 1. The van der Waals surface area contributed by atoms with Crippen LogP contribution in [0.1, 0.15) is 23.2 Å². The van der Waals surface area contributed by atoms with Crippen molar-refractivity contribution in [3.63, 3.8) is 0 Å². The molecule has 6 heteroatoms. The zero-order valence-electron chi connectivity index (χ0n) is 11.7. The lowest BCUT2D eigenvalue weighted by atomic mass is 10.2. The summed E-state index contributed by atoms with van der Waals surface area (Å²) in [6, 6.07) is 7.27. The number of ether oxygens (including phenoxy) is 1. The van der Waals surface area contributed by atoms with E-state index in [9.17, 15) is 4.79 Å². The van der Waals surface area contributed by atoms with Crippen LogP contribution < -0.4 is 9.64 Å². The second-order valence-corrected chi connectivity index (χ2v) is 5.86. The van der Waals surface area contributed by atoms with Crippen molar-refractivity contribution in [1.82, 2.24) is 9.97 Å². The maximum atomic E-state index is 12.7. The van der Waals surface area contributed by atoms with Crippen molar-refractivity contribution in [2.24, 2.45) is 0 Å². The number of carbonyl (C=O) groups excluding carboxylic acids is 1. The molecule has 1 unspecified atom stereocenters. The fourth-order valence-electron chi connectivity index (χ4n) is 2.32. The molecule has 3 rings (SSSR count). The van der Waals surface area contributed by atoms with Crippen LogP contribution in [-0.2, 0) is 0 Å². The molecular formula is C15H14BrN3O2. The number of fused-ring (bicyclic) bond motifs is 1. The van der Waals surface area contributed by atoms with E-state index in [0.717, 1.165) is 10.2 Å². The largest absolute Gasteiger partial charge is 0.487 e. The average Bonchev–Trinajstić information content (AvgIpc) is 2.46. The van der Waals surface area contributed by atoms with Crippen LogP contribution in [0.5, 0.6) is 5.75 Å². The number of amides is 1. The predicted molar refractivity (Wildman–Crippen MR) is 82.7 cm³/mol. The van der Waals surface area contributed by atoms with E-state index in [-0.39, 0.29) is 12.0 Å². The van der Waals surface area contributed by atoms with E-state index < -0.39 is 0 Å². The van der Waals surface area contributed by atoms with E-state index in [0.29, 0.717) is 23.8 Å². The molecule has 21 heavy (non-hydrogen) atoms. The third-order valence-corrected chi connectivity index (χ3v) is 3.71. The van der Waals surface area contributed by atoms with Gasteiger partial charge in [-0.3, -0.25) is 9.69 Å². The second-order valence-electron chi connectivity index (χ2n) is 4.95. The molecule has 5 nitrogen and oxygen atoms in total. The molecule has 2 aromatic rings. The first-order valence-electron chi connectivity index (χ1n) is 6.62. The molecule has 1 aliphatic rings. The summed E-state index contributed by atoms with van der Waals surface area (Å²) in [7, 11) is 0. The van der Waals surface area contributed by atoms with Crippen LogP contribution in [0.3, 0.4) is 0 Å². The minimum absolute atomic E-state index is 0.0643. The maximum Gasteiger partial charge on any atom is 0.277 e. The van der Waals surface area contributed by atoms with Gasteiger partial charge >= 0.3 is 0 Å². The van der Waals surface area contributed by atoms with Gasteiger partial charge in [-0.2, -0.15) is 0 Å². The van der Waals surface area contributed by atoms with Gasteiger partial charge in [-0.05, 0) is 38.1 Å². The summed E-state index contributed by atoms with van der Waals surface area (Å²) in [6.45, 7) is 4.20. The number of anilines is 1. The minimum Gasteiger partial charge on any atom is -0.487 e. The van der Waals surface area contributed by atoms with Gasteiger partial charge in [0, 0.05) is 10.7 Å². The first-order chi connectivity index (χ1) is 10.0. The summed E-state index contributed by atoms with van der Waals surface area (Å²) in [4.78, 5) is 22.7. The summed E-state index contributed by atoms with van der Waals surface area (Å²) in [5.74, 6) is 1.14. The molecule has 0 fully saturated rings. The van der Waals surface area contributed by atoms with Crippen LogP contribution in [0.25, 0.3) is 0 Å². The standard InChI is InChI=1S/C15H14BrN3O2/c1-9-8-19(13-7-11(16)3-4-14(13)21-9)15(20)12-5-6-17-10(2)18-12/h3-7,9H,8H2,1-2H3. The lowest BCUT2D eigenvalue weighted by Crippen LogP contribution is -2.42. The Hall–Kier alpha value is -1.95. The van der Waals surface area contributed by atoms with E-state index >= 15 is 0 Å². The molecule has 0 spiro atoms. The topological polar surface area (TPSA) is 55.3 Å². The maximum absolute atomic E-state index is 12.7. The summed E-state index contributed by atoms with van der Waals surface area (Å²) >= 11 is 3.43. The van der Waals surface area contributed by atoms with Crippen molar-refractivity contribution in [3.05, 3.63) is 46.5 Å². The summed E-state index contributed by atoms with van der Waals surface area (Å²) in [6.07, 6.45) is 1.53. The lowest BCUT2D eigenvalue weighted by molar-refractivity contribution is 0.0956. The van der Waals surface area contributed by atoms with Crippen LogP contribution in [0.4, 0.5) is 5.69 Å². The fourth-order valence-corrected chi connectivity index (χ4v) is 2.67. The van der Waals surface area contributed by atoms with E-state index in [1.54, 1.807) is 24.1 Å². The van der Waals surface area contributed by atoms with Gasteiger partial charge in [-0.25, -0.2) is 9.97 Å². The molecule has 2 heterocycles. The van der Waals surface area contributed by atoms with Crippen LogP contribution in [0.15, 0.2) is 34.9 Å². The first kappa shape index (κ1) is 14.0. The first-order valence-corrected chi connectivity index (χ1v) is 7.41. The van der Waals surface area contributed by atoms with E-state index in [2.05, 4.69) is 25.9 Å². The van der Waals surface area contributed by atoms with Crippen molar-refractivity contribution < 1.29 is 9.53 Å². The highest BCUT2D eigenvalue weighted by Gasteiger charge is 2.29. The molecule has 1 amide bonds. The van der Waals surface area contributed by atoms with Gasteiger partial charge in [0.2, 0.25) is 0 Å². The number of aryl methyl sites for hydroxylation is 1. The van der Waals surface area contributed by atoms with Gasteiger partial charge in [0.15, 0.2) is 0 Å². The molecular weight excluding hydrogens is 334 g/mol. The Morgan fingerprint density at radius 1 is 1.43 bits per heavy atom. The molecule has 0 aliphatic carbocycles. The molecule has 0 radical (unpaired) electrons. The van der Waals surface area contributed by atoms with Gasteiger partial charge in [0.05, 0.1) is 12.2 Å². The Morgan fingerprint density at radius 3 is 3.00 bits per heavy atom. The van der Waals surface area contributed by atoms with Crippen molar-refractivity contribution in [2.75, 3.05) is 11.4 Å². The molecule has 0 saturated carbocycles. The van der Waals surface area contributed by atoms with Crippen LogP contribution in [0, 0.1) is 6.92 Å². The third kappa shape index (κ3) is 2.76. The average molecular weight is 348 g/mol. The Bertz CT molecular complexity index is 705. The zero-order chi connectivity index (χ0) is 15.0. The number of rotatable bonds is 1. The van der Waals surface area contributed by atoms with Gasteiger partial charge in [-0.1, -0.05) is 15.9 Å². The number of hydrogen-bond acceptors (Lipinski definition) is 4. The molecule has 1 aliphatic heterocycles. The predicted octanol–water partition coefficient (Wildman–Crippen LogP) is 2.98. The fraction of sp³-hybridized carbons (Fsp3) is 0.267. The Morgan fingerprint density at radius 2 is 2.24 bits per heavy atom. The number of hydrogen-bond donors (Lipinski definition) is 0. The normalized spacial score (nSPS) is 17.1. The molecule has 0 N–H and O–H groups in total. The van der Waals surface area contributed by atoms with Crippen LogP contribution in [0.2, 0.25) is 0 Å². The van der Waals surface area contributed by atoms with E-state index in [4.69, 9.17) is 4.74 Å². The Labute approximate surface area is 131 Å².